The van der Waals surface area contributed by atoms with Crippen LogP contribution in [0.1, 0.15) is 34.9 Å². The summed E-state index contributed by atoms with van der Waals surface area (Å²) in [6.07, 6.45) is 4.08. The van der Waals surface area contributed by atoms with Crippen molar-refractivity contribution in [3.63, 3.8) is 0 Å². The fraction of sp³-hybridized carbons (Fsp3) is 0.500. The maximum Gasteiger partial charge on any atom is 0.234 e. The second kappa shape index (κ2) is 7.07. The van der Waals surface area contributed by atoms with Crippen LogP contribution in [0.4, 0.5) is 0 Å². The van der Waals surface area contributed by atoms with E-state index in [1.807, 2.05) is 6.07 Å². The molecule has 1 aliphatic heterocycles. The number of aromatic amines is 1. The van der Waals surface area contributed by atoms with E-state index in [4.69, 9.17) is 0 Å². The highest BCUT2D eigenvalue weighted by molar-refractivity contribution is 7.10. The van der Waals surface area contributed by atoms with Crippen LogP contribution in [0.5, 0.6) is 0 Å². The number of nitrogens with zero attached hydrogens (tertiary/aromatic N) is 2. The van der Waals surface area contributed by atoms with Gasteiger partial charge in [0.25, 0.3) is 0 Å². The summed E-state index contributed by atoms with van der Waals surface area (Å²) in [4.78, 5) is 15.6. The molecular weight excluding hydrogens is 296 g/mol. The molecule has 2 N–H and O–H groups in total. The van der Waals surface area contributed by atoms with Gasteiger partial charge in [-0.15, -0.1) is 11.3 Å². The second-order valence-electron chi connectivity index (χ2n) is 5.89. The summed E-state index contributed by atoms with van der Waals surface area (Å²) in [5.41, 5.74) is 2.43. The number of nitrogens with one attached hydrogen (secondary N) is 2. The van der Waals surface area contributed by atoms with Crippen molar-refractivity contribution in [3.05, 3.63) is 39.8 Å². The molecule has 3 heterocycles. The van der Waals surface area contributed by atoms with Crippen LogP contribution >= 0.6 is 11.3 Å². The van der Waals surface area contributed by atoms with Gasteiger partial charge in [0.05, 0.1) is 13.1 Å². The summed E-state index contributed by atoms with van der Waals surface area (Å²) in [5.74, 6) is 0.571. The highest BCUT2D eigenvalue weighted by atomic mass is 32.1. The van der Waals surface area contributed by atoms with E-state index in [-0.39, 0.29) is 5.91 Å². The van der Waals surface area contributed by atoms with E-state index in [9.17, 15) is 4.79 Å². The number of amides is 1. The highest BCUT2D eigenvalue weighted by Crippen LogP contribution is 2.24. The molecule has 1 amide bonds. The summed E-state index contributed by atoms with van der Waals surface area (Å²) < 4.78 is 0. The molecule has 0 saturated carbocycles. The Kier molecular flexibility index (Phi) is 4.90. The lowest BCUT2D eigenvalue weighted by molar-refractivity contribution is -0.122. The third-order valence-corrected chi connectivity index (χ3v) is 5.27. The Balaban J connectivity index is 1.48. The Bertz CT molecular complexity index is 607. The number of likely N-dealkylation sites (tertiary alicyclic amines) is 1. The molecule has 2 aromatic rings. The molecule has 3 rings (SSSR count). The number of hydrogen-bond acceptors (Lipinski definition) is 4. The van der Waals surface area contributed by atoms with Gasteiger partial charge in [-0.2, -0.15) is 5.10 Å². The SMILES string of the molecule is Cc1ccsc1CNC(=O)CN1CCCC(c2ccn[nH]2)C1. The number of carbonyl (C=O) groups excluding carboxylic acids is 1. The molecule has 1 unspecified atom stereocenters. The molecule has 1 aliphatic rings. The van der Waals surface area contributed by atoms with Crippen molar-refractivity contribution in [3.8, 4) is 0 Å². The number of aryl methyl sites for hydroxylation is 1. The summed E-state index contributed by atoms with van der Waals surface area (Å²) in [6.45, 7) is 5.12. The molecule has 0 bridgehead atoms. The standard InChI is InChI=1S/C16H22N4OS/c1-12-5-8-22-15(12)9-17-16(21)11-20-7-2-3-13(10-20)14-4-6-18-19-14/h4-6,8,13H,2-3,7,9-11H2,1H3,(H,17,21)(H,18,19). The van der Waals surface area contributed by atoms with Gasteiger partial charge >= 0.3 is 0 Å². The summed E-state index contributed by atoms with van der Waals surface area (Å²) >= 11 is 1.70. The lowest BCUT2D eigenvalue weighted by atomic mass is 9.95. The van der Waals surface area contributed by atoms with Crippen LogP contribution in [0.2, 0.25) is 0 Å². The first-order valence-corrected chi connectivity index (χ1v) is 8.61. The molecule has 5 nitrogen and oxygen atoms in total. The van der Waals surface area contributed by atoms with Crippen molar-refractivity contribution >= 4 is 17.2 Å². The average Bonchev–Trinajstić information content (AvgIpc) is 3.17. The largest absolute Gasteiger partial charge is 0.350 e. The van der Waals surface area contributed by atoms with E-state index in [1.165, 1.54) is 16.1 Å². The number of H-pyrrole nitrogens is 1. The third kappa shape index (κ3) is 3.75. The highest BCUT2D eigenvalue weighted by Gasteiger charge is 2.23. The zero-order valence-electron chi connectivity index (χ0n) is 12.8. The van der Waals surface area contributed by atoms with Gasteiger partial charge in [-0.1, -0.05) is 0 Å². The number of hydrogen-bond donors (Lipinski definition) is 2. The van der Waals surface area contributed by atoms with Crippen LogP contribution in [0.3, 0.4) is 0 Å². The van der Waals surface area contributed by atoms with Gasteiger partial charge in [-0.3, -0.25) is 14.8 Å². The number of rotatable bonds is 5. The topological polar surface area (TPSA) is 61.0 Å². The molecule has 118 valence electrons. The van der Waals surface area contributed by atoms with Crippen LogP contribution in [-0.2, 0) is 11.3 Å². The van der Waals surface area contributed by atoms with Gasteiger partial charge in [0.15, 0.2) is 0 Å². The minimum atomic E-state index is 0.109. The smallest absolute Gasteiger partial charge is 0.234 e. The van der Waals surface area contributed by atoms with Crippen molar-refractivity contribution in [2.75, 3.05) is 19.6 Å². The maximum atomic E-state index is 12.1. The lowest BCUT2D eigenvalue weighted by Gasteiger charge is -2.31. The molecule has 1 saturated heterocycles. The first kappa shape index (κ1) is 15.2. The van der Waals surface area contributed by atoms with Crippen molar-refractivity contribution in [2.24, 2.45) is 0 Å². The van der Waals surface area contributed by atoms with E-state index in [1.54, 1.807) is 17.5 Å². The fourth-order valence-electron chi connectivity index (χ4n) is 2.97. The molecule has 0 spiro atoms. The van der Waals surface area contributed by atoms with Gasteiger partial charge in [0.2, 0.25) is 5.91 Å². The predicted octanol–water partition coefficient (Wildman–Crippen LogP) is 2.28. The first-order valence-electron chi connectivity index (χ1n) is 7.73. The minimum absolute atomic E-state index is 0.109. The Morgan fingerprint density at radius 3 is 3.18 bits per heavy atom. The van der Waals surface area contributed by atoms with Gasteiger partial charge in [0.1, 0.15) is 0 Å². The minimum Gasteiger partial charge on any atom is -0.350 e. The Hall–Kier alpha value is -1.66. The van der Waals surface area contributed by atoms with E-state index in [2.05, 4.69) is 38.8 Å². The molecule has 6 heteroatoms. The fourth-order valence-corrected chi connectivity index (χ4v) is 3.82. The first-order chi connectivity index (χ1) is 10.7. The summed E-state index contributed by atoms with van der Waals surface area (Å²) in [5, 5.41) is 12.2. The predicted molar refractivity (Wildman–Crippen MR) is 87.9 cm³/mol. The summed E-state index contributed by atoms with van der Waals surface area (Å²) in [7, 11) is 0. The zero-order valence-corrected chi connectivity index (χ0v) is 13.7. The van der Waals surface area contributed by atoms with Gasteiger partial charge < -0.3 is 5.32 Å². The van der Waals surface area contributed by atoms with E-state index < -0.39 is 0 Å². The monoisotopic (exact) mass is 318 g/mol. The molecule has 2 aromatic heterocycles. The lowest BCUT2D eigenvalue weighted by Crippen LogP contribution is -2.41. The van der Waals surface area contributed by atoms with Crippen molar-refractivity contribution in [1.82, 2.24) is 20.4 Å². The van der Waals surface area contributed by atoms with Gasteiger partial charge in [0, 0.05) is 29.2 Å². The zero-order chi connectivity index (χ0) is 15.4. The number of piperidine rings is 1. The molecule has 1 fully saturated rings. The van der Waals surface area contributed by atoms with Gasteiger partial charge in [-0.05, 0) is 49.4 Å². The van der Waals surface area contributed by atoms with Crippen LogP contribution in [0, 0.1) is 6.92 Å². The maximum absolute atomic E-state index is 12.1. The van der Waals surface area contributed by atoms with Crippen molar-refractivity contribution in [1.29, 1.82) is 0 Å². The summed E-state index contributed by atoms with van der Waals surface area (Å²) in [6, 6.07) is 4.12. The Morgan fingerprint density at radius 1 is 1.55 bits per heavy atom. The number of carbonyl (C=O) groups is 1. The normalized spacial score (nSPS) is 19.2. The van der Waals surface area contributed by atoms with Crippen LogP contribution < -0.4 is 5.32 Å². The molecule has 0 aliphatic carbocycles. The molecule has 1 atom stereocenters. The van der Waals surface area contributed by atoms with E-state index >= 15 is 0 Å². The number of thiophene rings is 1. The van der Waals surface area contributed by atoms with Crippen LogP contribution in [-0.4, -0.2) is 40.6 Å². The van der Waals surface area contributed by atoms with Crippen LogP contribution in [0.25, 0.3) is 0 Å². The number of aromatic nitrogens is 2. The molecule has 0 radical (unpaired) electrons. The quantitative estimate of drug-likeness (QED) is 0.889. The molecule has 22 heavy (non-hydrogen) atoms. The second-order valence-corrected chi connectivity index (χ2v) is 6.89. The van der Waals surface area contributed by atoms with E-state index in [0.29, 0.717) is 19.0 Å². The Labute approximate surface area is 134 Å². The van der Waals surface area contributed by atoms with Crippen LogP contribution in [0.15, 0.2) is 23.7 Å². The van der Waals surface area contributed by atoms with Crippen molar-refractivity contribution in [2.45, 2.75) is 32.2 Å². The average molecular weight is 318 g/mol. The molecular formula is C16H22N4OS. The molecule has 0 aromatic carbocycles. The van der Waals surface area contributed by atoms with Gasteiger partial charge in [-0.25, -0.2) is 0 Å². The third-order valence-electron chi connectivity index (χ3n) is 4.25. The van der Waals surface area contributed by atoms with Crippen molar-refractivity contribution < 1.29 is 4.79 Å². The Morgan fingerprint density at radius 2 is 2.45 bits per heavy atom. The van der Waals surface area contributed by atoms with E-state index in [0.717, 1.165) is 25.9 Å².